The van der Waals surface area contributed by atoms with E-state index in [0.717, 1.165) is 10.4 Å². The summed E-state index contributed by atoms with van der Waals surface area (Å²) in [6.45, 7) is 16.2. The summed E-state index contributed by atoms with van der Waals surface area (Å²) in [6, 6.07) is 13.8. The maximum atomic E-state index is 12.1. The van der Waals surface area contributed by atoms with Crippen molar-refractivity contribution in [1.29, 1.82) is 0 Å². The lowest BCUT2D eigenvalue weighted by Gasteiger charge is -2.29. The summed E-state index contributed by atoms with van der Waals surface area (Å²) in [5.41, 5.74) is -0.385. The summed E-state index contributed by atoms with van der Waals surface area (Å²) < 4.78 is 10.1. The Balaban J connectivity index is 1.73. The molecule has 236 valence electrons. The first-order valence-corrected chi connectivity index (χ1v) is 20.8. The lowest BCUT2D eigenvalue weighted by atomic mass is 9.84. The Morgan fingerprint density at radius 3 is 1.16 bits per heavy atom. The Hall–Kier alpha value is -3.73. The van der Waals surface area contributed by atoms with Gasteiger partial charge < -0.3 is 9.47 Å². The van der Waals surface area contributed by atoms with Crippen LogP contribution in [0.5, 0.6) is 0 Å². The maximum Gasteiger partial charge on any atom is 0.543 e. The van der Waals surface area contributed by atoms with Gasteiger partial charge in [-0.1, -0.05) is 87.8 Å². The first-order chi connectivity index (χ1) is 20.1. The minimum Gasteiger partial charge on any atom is -0.432 e. The average Bonchev–Trinajstić information content (AvgIpc) is 2.96. The van der Waals surface area contributed by atoms with Gasteiger partial charge in [-0.2, -0.15) is 0 Å². The largest absolute Gasteiger partial charge is 0.543 e. The van der Waals surface area contributed by atoms with E-state index in [1.165, 1.54) is 0 Å². The Labute approximate surface area is 253 Å². The van der Waals surface area contributed by atoms with Crippen LogP contribution < -0.4 is 10.4 Å². The van der Waals surface area contributed by atoms with Crippen LogP contribution in [0, 0.1) is 5.41 Å². The molecule has 0 aliphatic rings. The fourth-order valence-corrected chi connectivity index (χ4v) is 5.97. The van der Waals surface area contributed by atoms with Gasteiger partial charge in [0.25, 0.3) is 0 Å². The van der Waals surface area contributed by atoms with Gasteiger partial charge in [0.1, 0.15) is 13.2 Å². The summed E-state index contributed by atoms with van der Waals surface area (Å²) in [5, 5.41) is 10.9. The smallest absolute Gasteiger partial charge is 0.432 e. The summed E-state index contributed by atoms with van der Waals surface area (Å²) in [6.07, 6.45) is -1.69. The second-order valence-electron chi connectivity index (χ2n) is 12.0. The van der Waals surface area contributed by atoms with E-state index in [9.17, 15) is 19.2 Å². The second kappa shape index (κ2) is 15.7. The number of carbonyl (C=O) groups is 4. The highest BCUT2D eigenvalue weighted by atomic mass is 28.3. The zero-order chi connectivity index (χ0) is 32.3. The number of carbonyl (C=O) groups excluding carboxylic acids is 4. The third-order valence-corrected chi connectivity index (χ3v) is 11.0. The molecule has 2 aromatic rings. The highest BCUT2D eigenvalue weighted by Crippen LogP contribution is 2.28. The van der Waals surface area contributed by atoms with Crippen LogP contribution >= 0.6 is 0 Å². The van der Waals surface area contributed by atoms with Crippen molar-refractivity contribution in [2.45, 2.75) is 66.0 Å². The van der Waals surface area contributed by atoms with Gasteiger partial charge in [0.2, 0.25) is 0 Å². The quantitative estimate of drug-likeness (QED) is 0.110. The zero-order valence-electron chi connectivity index (χ0n) is 25.8. The topological polar surface area (TPSA) is 142 Å². The van der Waals surface area contributed by atoms with E-state index in [-0.39, 0.29) is 24.3 Å². The molecule has 0 aliphatic heterocycles. The van der Waals surface area contributed by atoms with Crippen LogP contribution in [0.2, 0.25) is 39.3 Å². The number of hydrogen-bond donors (Lipinski definition) is 0. The number of hydrogen-bond acceptors (Lipinski definition) is 12. The van der Waals surface area contributed by atoms with Crippen LogP contribution in [0.3, 0.4) is 0 Å². The van der Waals surface area contributed by atoms with Crippen LogP contribution in [-0.4, -0.2) is 53.6 Å². The van der Waals surface area contributed by atoms with Crippen LogP contribution in [0.1, 0.15) is 47.4 Å². The Morgan fingerprint density at radius 2 is 0.884 bits per heavy atom. The Bertz CT molecular complexity index is 1130. The molecule has 0 aliphatic carbocycles. The van der Waals surface area contributed by atoms with E-state index in [2.05, 4.69) is 68.9 Å². The molecule has 2 rings (SSSR count). The van der Waals surface area contributed by atoms with Crippen molar-refractivity contribution < 1.29 is 58.3 Å². The molecule has 0 saturated heterocycles. The van der Waals surface area contributed by atoms with Gasteiger partial charge in [-0.3, -0.25) is 9.78 Å². The van der Waals surface area contributed by atoms with Gasteiger partial charge in [0.15, 0.2) is 0 Å². The molecular weight excluding hydrogens is 596 g/mol. The summed E-state index contributed by atoms with van der Waals surface area (Å²) in [7, 11) is -3.06. The monoisotopic (exact) mass is 636 g/mol. The molecule has 0 aromatic heterocycles. The lowest BCUT2D eigenvalue weighted by Crippen LogP contribution is -2.37. The molecule has 0 N–H and O–H groups in total. The highest BCUT2D eigenvalue weighted by molar-refractivity contribution is 6.89. The maximum absolute atomic E-state index is 12.1. The molecule has 0 saturated carbocycles. The minimum atomic E-state index is -1.53. The molecular formula is C29H40O12Si2. The zero-order valence-corrected chi connectivity index (χ0v) is 27.8. The van der Waals surface area contributed by atoms with Crippen molar-refractivity contribution >= 4 is 50.8 Å². The predicted molar refractivity (Wildman–Crippen MR) is 160 cm³/mol. The molecule has 0 amide bonds. The lowest BCUT2D eigenvalue weighted by molar-refractivity contribution is -0.453. The molecule has 14 heteroatoms. The molecule has 0 atom stereocenters. The fourth-order valence-electron chi connectivity index (χ4n) is 3.63. The van der Waals surface area contributed by atoms with Crippen LogP contribution in [0.4, 0.5) is 9.59 Å². The third kappa shape index (κ3) is 11.5. The number of ether oxygens (including phenoxy) is 2. The molecule has 0 bridgehead atoms. The fraction of sp³-hybridized carbons (Fsp3) is 0.448. The van der Waals surface area contributed by atoms with Crippen LogP contribution in [-0.2, 0) is 39.1 Å². The normalized spacial score (nSPS) is 11.7. The van der Waals surface area contributed by atoms with Crippen molar-refractivity contribution in [3.8, 4) is 0 Å². The van der Waals surface area contributed by atoms with Crippen molar-refractivity contribution in [3.63, 3.8) is 0 Å². The summed E-state index contributed by atoms with van der Waals surface area (Å²) in [4.78, 5) is 65.9. The second-order valence-corrected chi connectivity index (χ2v) is 22.1. The van der Waals surface area contributed by atoms with Crippen molar-refractivity contribution in [3.05, 3.63) is 59.7 Å². The first kappa shape index (κ1) is 35.5. The van der Waals surface area contributed by atoms with E-state index >= 15 is 0 Å². The standard InChI is InChI=1S/C29H40O12Si2/c1-9-29(10-2,19-34-27(32)38-40-36-25(30)21-11-15-23(16-12-21)42(3,4)5)20-35-28(33)39-41-37-26(31)22-13-17-24(18-14-22)43(6,7)8/h11-18H,9-10,19-20H2,1-8H3. The first-order valence-electron chi connectivity index (χ1n) is 13.8. The minimum absolute atomic E-state index is 0.217. The molecule has 0 heterocycles. The number of benzene rings is 2. The third-order valence-electron chi connectivity index (χ3n) is 6.89. The van der Waals surface area contributed by atoms with Crippen molar-refractivity contribution in [2.75, 3.05) is 13.2 Å². The molecule has 0 radical (unpaired) electrons. The van der Waals surface area contributed by atoms with Gasteiger partial charge in [0, 0.05) is 5.41 Å². The molecule has 0 spiro atoms. The van der Waals surface area contributed by atoms with Gasteiger partial charge in [0.05, 0.1) is 37.4 Å². The number of rotatable bonds is 14. The molecule has 0 unspecified atom stereocenters. The summed E-state index contributed by atoms with van der Waals surface area (Å²) >= 11 is 0. The molecule has 43 heavy (non-hydrogen) atoms. The van der Waals surface area contributed by atoms with E-state index < -0.39 is 45.8 Å². The van der Waals surface area contributed by atoms with E-state index in [1.54, 1.807) is 38.1 Å². The molecule has 12 nitrogen and oxygen atoms in total. The van der Waals surface area contributed by atoms with Gasteiger partial charge >= 0.3 is 24.2 Å². The van der Waals surface area contributed by atoms with Crippen molar-refractivity contribution in [2.24, 2.45) is 5.41 Å². The van der Waals surface area contributed by atoms with Crippen molar-refractivity contribution in [1.82, 2.24) is 0 Å². The van der Waals surface area contributed by atoms with E-state index in [4.69, 9.17) is 9.47 Å². The van der Waals surface area contributed by atoms with Crippen LogP contribution in [0.15, 0.2) is 48.5 Å². The molecule has 0 fully saturated rings. The predicted octanol–water partition coefficient (Wildman–Crippen LogP) is 5.60. The van der Waals surface area contributed by atoms with Gasteiger partial charge in [-0.05, 0) is 37.1 Å². The molecule has 2 aromatic carbocycles. The van der Waals surface area contributed by atoms with Gasteiger partial charge in [-0.25, -0.2) is 29.0 Å². The van der Waals surface area contributed by atoms with E-state index in [0.29, 0.717) is 12.8 Å². The van der Waals surface area contributed by atoms with E-state index in [1.807, 2.05) is 24.3 Å². The Kier molecular flexibility index (Phi) is 12.9. The van der Waals surface area contributed by atoms with Crippen LogP contribution in [0.25, 0.3) is 0 Å². The Morgan fingerprint density at radius 1 is 0.558 bits per heavy atom. The summed E-state index contributed by atoms with van der Waals surface area (Å²) in [5.74, 6) is -1.71. The van der Waals surface area contributed by atoms with Gasteiger partial charge in [-0.15, -0.1) is 0 Å². The SMILES string of the molecule is CCC(CC)(COC(=O)OOOC(=O)c1ccc([Si](C)(C)C)cc1)COC(=O)OOOC(=O)c1ccc([Si](C)(C)C)cc1. The highest BCUT2D eigenvalue weighted by Gasteiger charge is 2.32. The average molecular weight is 637 g/mol.